The van der Waals surface area contributed by atoms with Gasteiger partial charge >= 0.3 is 5.97 Å². The minimum Gasteiger partial charge on any atom is -0.481 e. The Balaban J connectivity index is 3.81. The van der Waals surface area contributed by atoms with Gasteiger partial charge in [0.1, 0.15) is 0 Å². The maximum Gasteiger partial charge on any atom is 0.303 e. The molecule has 3 atom stereocenters. The van der Waals surface area contributed by atoms with Gasteiger partial charge in [0.25, 0.3) is 0 Å². The summed E-state index contributed by atoms with van der Waals surface area (Å²) in [5.74, 6) is 0.475. The number of aliphatic carboxylic acids is 1. The van der Waals surface area contributed by atoms with E-state index in [-0.39, 0.29) is 18.2 Å². The van der Waals surface area contributed by atoms with Gasteiger partial charge < -0.3 is 10.4 Å². The number of nitrogens with one attached hydrogen (secondary N) is 1. The van der Waals surface area contributed by atoms with Crippen LogP contribution < -0.4 is 5.32 Å². The van der Waals surface area contributed by atoms with Crippen LogP contribution in [-0.4, -0.2) is 23.5 Å². The summed E-state index contributed by atoms with van der Waals surface area (Å²) in [7, 11) is 0. The maximum atomic E-state index is 11.3. The van der Waals surface area contributed by atoms with Gasteiger partial charge in [-0.25, -0.2) is 0 Å². The summed E-state index contributed by atoms with van der Waals surface area (Å²) in [6.45, 7) is 9.00. The third-order valence-corrected chi connectivity index (χ3v) is 3.93. The Bertz CT molecular complexity index is 279. The van der Waals surface area contributed by atoms with E-state index in [4.69, 9.17) is 5.11 Å². The predicted molar refractivity (Wildman–Crippen MR) is 76.9 cm³/mol. The first kappa shape index (κ1) is 17.9. The first-order valence-electron chi connectivity index (χ1n) is 7.36. The average Bonchev–Trinajstić information content (AvgIpc) is 2.32. The van der Waals surface area contributed by atoms with Crippen molar-refractivity contribution in [2.24, 2.45) is 17.8 Å². The number of carbonyl (C=O) groups excluding carboxylic acids is 1. The van der Waals surface area contributed by atoms with Crippen LogP contribution in [0.25, 0.3) is 0 Å². The van der Waals surface area contributed by atoms with Gasteiger partial charge in [0.15, 0.2) is 0 Å². The van der Waals surface area contributed by atoms with Crippen molar-refractivity contribution in [1.29, 1.82) is 0 Å². The molecule has 0 aromatic heterocycles. The SMILES string of the molecule is CCCC(=O)NCCCC(C)C(C)C(C)CC(=O)O. The van der Waals surface area contributed by atoms with Crippen molar-refractivity contribution in [2.45, 2.75) is 59.8 Å². The minimum atomic E-state index is -0.724. The highest BCUT2D eigenvalue weighted by Gasteiger charge is 2.20. The van der Waals surface area contributed by atoms with E-state index in [1.54, 1.807) is 0 Å². The number of carboxylic acids is 1. The van der Waals surface area contributed by atoms with E-state index in [9.17, 15) is 9.59 Å². The van der Waals surface area contributed by atoms with Gasteiger partial charge in [-0.05, 0) is 37.0 Å². The van der Waals surface area contributed by atoms with Gasteiger partial charge in [-0.2, -0.15) is 0 Å². The second-order valence-corrected chi connectivity index (χ2v) is 5.65. The molecule has 0 aromatic rings. The zero-order chi connectivity index (χ0) is 14.8. The van der Waals surface area contributed by atoms with Crippen molar-refractivity contribution < 1.29 is 14.7 Å². The van der Waals surface area contributed by atoms with E-state index in [1.165, 1.54) is 0 Å². The highest BCUT2D eigenvalue weighted by Crippen LogP contribution is 2.26. The van der Waals surface area contributed by atoms with E-state index < -0.39 is 5.97 Å². The Morgan fingerprint density at radius 3 is 2.32 bits per heavy atom. The van der Waals surface area contributed by atoms with Crippen LogP contribution in [0, 0.1) is 17.8 Å². The molecule has 4 heteroatoms. The molecule has 0 heterocycles. The summed E-state index contributed by atoms with van der Waals surface area (Å²) in [4.78, 5) is 22.0. The summed E-state index contributed by atoms with van der Waals surface area (Å²) < 4.78 is 0. The lowest BCUT2D eigenvalue weighted by Gasteiger charge is -2.25. The smallest absolute Gasteiger partial charge is 0.303 e. The monoisotopic (exact) mass is 271 g/mol. The van der Waals surface area contributed by atoms with Gasteiger partial charge in [-0.1, -0.05) is 27.7 Å². The number of carbonyl (C=O) groups is 2. The minimum absolute atomic E-state index is 0.127. The molecule has 0 aromatic carbocycles. The summed E-state index contributed by atoms with van der Waals surface area (Å²) >= 11 is 0. The van der Waals surface area contributed by atoms with E-state index in [2.05, 4.69) is 19.2 Å². The second kappa shape index (κ2) is 9.82. The highest BCUT2D eigenvalue weighted by molar-refractivity contribution is 5.75. The van der Waals surface area contributed by atoms with Gasteiger partial charge in [0, 0.05) is 19.4 Å². The Kier molecular flexibility index (Phi) is 9.27. The predicted octanol–water partition coefficient (Wildman–Crippen LogP) is 3.07. The van der Waals surface area contributed by atoms with E-state index in [0.29, 0.717) is 18.3 Å². The lowest BCUT2D eigenvalue weighted by molar-refractivity contribution is -0.138. The van der Waals surface area contributed by atoms with Crippen molar-refractivity contribution >= 4 is 11.9 Å². The molecule has 0 rings (SSSR count). The van der Waals surface area contributed by atoms with Crippen molar-refractivity contribution in [3.63, 3.8) is 0 Å². The molecular weight excluding hydrogens is 242 g/mol. The van der Waals surface area contributed by atoms with Gasteiger partial charge in [0.05, 0.1) is 0 Å². The average molecular weight is 271 g/mol. The Morgan fingerprint density at radius 2 is 1.79 bits per heavy atom. The fourth-order valence-corrected chi connectivity index (χ4v) is 2.25. The summed E-state index contributed by atoms with van der Waals surface area (Å²) in [5.41, 5.74) is 0. The first-order valence-corrected chi connectivity index (χ1v) is 7.36. The molecule has 19 heavy (non-hydrogen) atoms. The van der Waals surface area contributed by atoms with Gasteiger partial charge in [0.2, 0.25) is 5.91 Å². The van der Waals surface area contributed by atoms with Crippen LogP contribution in [-0.2, 0) is 9.59 Å². The molecule has 2 N–H and O–H groups in total. The fourth-order valence-electron chi connectivity index (χ4n) is 2.25. The van der Waals surface area contributed by atoms with Crippen molar-refractivity contribution in [2.75, 3.05) is 6.54 Å². The summed E-state index contributed by atoms with van der Waals surface area (Å²) in [6, 6.07) is 0. The van der Waals surface area contributed by atoms with Crippen LogP contribution in [0.5, 0.6) is 0 Å². The molecule has 0 aliphatic rings. The molecule has 4 nitrogen and oxygen atoms in total. The molecule has 112 valence electrons. The molecule has 3 unspecified atom stereocenters. The van der Waals surface area contributed by atoms with Crippen LogP contribution in [0.2, 0.25) is 0 Å². The third kappa shape index (κ3) is 8.62. The molecule has 0 saturated heterocycles. The molecule has 0 bridgehead atoms. The Labute approximate surface area is 117 Å². The largest absolute Gasteiger partial charge is 0.481 e. The number of hydrogen-bond donors (Lipinski definition) is 2. The van der Waals surface area contributed by atoms with Crippen molar-refractivity contribution in [1.82, 2.24) is 5.32 Å². The zero-order valence-electron chi connectivity index (χ0n) is 12.7. The normalized spacial score (nSPS) is 15.6. The zero-order valence-corrected chi connectivity index (χ0v) is 12.7. The lowest BCUT2D eigenvalue weighted by atomic mass is 9.81. The Hall–Kier alpha value is -1.06. The molecule has 0 fully saturated rings. The molecule has 0 radical (unpaired) electrons. The van der Waals surface area contributed by atoms with Crippen LogP contribution in [0.4, 0.5) is 0 Å². The highest BCUT2D eigenvalue weighted by atomic mass is 16.4. The molecule has 0 aliphatic heterocycles. The van der Waals surface area contributed by atoms with Gasteiger partial charge in [-0.15, -0.1) is 0 Å². The van der Waals surface area contributed by atoms with E-state index in [0.717, 1.165) is 25.8 Å². The second-order valence-electron chi connectivity index (χ2n) is 5.65. The number of amides is 1. The maximum absolute atomic E-state index is 11.3. The lowest BCUT2D eigenvalue weighted by Crippen LogP contribution is -2.25. The molecule has 0 spiro atoms. The van der Waals surface area contributed by atoms with E-state index in [1.807, 2.05) is 13.8 Å². The topological polar surface area (TPSA) is 66.4 Å². The molecule has 0 saturated carbocycles. The molecular formula is C15H29NO3. The van der Waals surface area contributed by atoms with Gasteiger partial charge in [-0.3, -0.25) is 9.59 Å². The quantitative estimate of drug-likeness (QED) is 0.600. The van der Waals surface area contributed by atoms with E-state index >= 15 is 0 Å². The summed E-state index contributed by atoms with van der Waals surface area (Å²) in [6.07, 6.45) is 3.70. The number of rotatable bonds is 10. The van der Waals surface area contributed by atoms with Crippen LogP contribution in [0.1, 0.15) is 59.8 Å². The Morgan fingerprint density at radius 1 is 1.16 bits per heavy atom. The third-order valence-electron chi connectivity index (χ3n) is 3.93. The van der Waals surface area contributed by atoms with Crippen molar-refractivity contribution in [3.05, 3.63) is 0 Å². The fraction of sp³-hybridized carbons (Fsp3) is 0.867. The number of hydrogen-bond acceptors (Lipinski definition) is 2. The number of carboxylic acid groups (broad SMARTS) is 1. The summed E-state index contributed by atoms with van der Waals surface area (Å²) in [5, 5.41) is 11.7. The van der Waals surface area contributed by atoms with Crippen LogP contribution in [0.15, 0.2) is 0 Å². The van der Waals surface area contributed by atoms with Crippen molar-refractivity contribution in [3.8, 4) is 0 Å². The molecule has 1 amide bonds. The first-order chi connectivity index (χ1) is 8.88. The molecule has 0 aliphatic carbocycles. The van der Waals surface area contributed by atoms with Crippen LogP contribution in [0.3, 0.4) is 0 Å². The van der Waals surface area contributed by atoms with Crippen LogP contribution >= 0.6 is 0 Å². The standard InChI is InChI=1S/C15H29NO3/c1-5-7-14(17)16-9-6-8-11(2)13(4)12(3)10-15(18)19/h11-13H,5-10H2,1-4H3,(H,16,17)(H,18,19).